The summed E-state index contributed by atoms with van der Waals surface area (Å²) in [6.45, 7) is 2.71. The highest BCUT2D eigenvalue weighted by Gasteiger charge is 2.38. The van der Waals surface area contributed by atoms with Gasteiger partial charge in [0.15, 0.2) is 22.4 Å². The van der Waals surface area contributed by atoms with Gasteiger partial charge in [-0.05, 0) is 12.5 Å². The summed E-state index contributed by atoms with van der Waals surface area (Å²) >= 11 is 1.61. The third-order valence-electron chi connectivity index (χ3n) is 5.72. The quantitative estimate of drug-likeness (QED) is 0.471. The number of anilines is 2. The van der Waals surface area contributed by atoms with Gasteiger partial charge in [0.05, 0.1) is 24.6 Å². The van der Waals surface area contributed by atoms with Gasteiger partial charge in [-0.1, -0.05) is 0 Å². The van der Waals surface area contributed by atoms with Gasteiger partial charge >= 0.3 is 0 Å². The second kappa shape index (κ2) is 7.15. The maximum absolute atomic E-state index is 11.3. The fourth-order valence-corrected chi connectivity index (χ4v) is 5.07. The van der Waals surface area contributed by atoms with Crippen molar-refractivity contribution in [2.24, 2.45) is 5.73 Å². The van der Waals surface area contributed by atoms with E-state index in [0.717, 1.165) is 36.9 Å². The third kappa shape index (κ3) is 3.26. The van der Waals surface area contributed by atoms with E-state index in [-0.39, 0.29) is 5.76 Å². The van der Waals surface area contributed by atoms with Crippen LogP contribution in [0.25, 0.3) is 16.9 Å². The van der Waals surface area contributed by atoms with Crippen LogP contribution in [0, 0.1) is 0 Å². The number of morpholine rings is 1. The smallest absolute Gasteiger partial charge is 0.284 e. The van der Waals surface area contributed by atoms with Crippen LogP contribution in [0.2, 0.25) is 0 Å². The number of thiazole rings is 1. The van der Waals surface area contributed by atoms with E-state index < -0.39 is 5.91 Å². The Morgan fingerprint density at radius 3 is 3.03 bits per heavy atom. The van der Waals surface area contributed by atoms with Crippen LogP contribution < -0.4 is 11.1 Å². The van der Waals surface area contributed by atoms with Crippen molar-refractivity contribution in [1.29, 1.82) is 0 Å². The van der Waals surface area contributed by atoms with Gasteiger partial charge in [-0.2, -0.15) is 0 Å². The Bertz CT molecular complexity index is 1280. The van der Waals surface area contributed by atoms with Gasteiger partial charge in [-0.25, -0.2) is 15.0 Å². The van der Waals surface area contributed by atoms with Gasteiger partial charge in [-0.3, -0.25) is 14.1 Å². The minimum absolute atomic E-state index is 0.0959. The van der Waals surface area contributed by atoms with Gasteiger partial charge in [0, 0.05) is 48.2 Å². The van der Waals surface area contributed by atoms with Crippen LogP contribution in [-0.4, -0.2) is 55.5 Å². The molecule has 2 atom stereocenters. The van der Waals surface area contributed by atoms with Crippen LogP contribution in [0.3, 0.4) is 0 Å². The zero-order chi connectivity index (χ0) is 20.9. The Morgan fingerprint density at radius 1 is 1.32 bits per heavy atom. The molecule has 0 saturated carbocycles. The summed E-state index contributed by atoms with van der Waals surface area (Å²) in [7, 11) is 0. The first-order valence-electron chi connectivity index (χ1n) is 9.92. The lowest BCUT2D eigenvalue weighted by molar-refractivity contribution is 0.0277. The lowest BCUT2D eigenvalue weighted by Crippen LogP contribution is -2.36. The van der Waals surface area contributed by atoms with Gasteiger partial charge in [0.1, 0.15) is 6.26 Å². The summed E-state index contributed by atoms with van der Waals surface area (Å²) in [4.78, 5) is 28.5. The summed E-state index contributed by atoms with van der Waals surface area (Å²) < 4.78 is 12.8. The fraction of sp³-hybridized carbons (Fsp3) is 0.300. The van der Waals surface area contributed by atoms with Crippen molar-refractivity contribution in [2.75, 3.05) is 18.5 Å². The number of nitrogens with two attached hydrogens (primary N) is 1. The number of likely N-dealkylation sites (tertiary alicyclic amines) is 1. The summed E-state index contributed by atoms with van der Waals surface area (Å²) in [5.41, 5.74) is 7.36. The lowest BCUT2D eigenvalue weighted by atomic mass is 10.2. The molecule has 2 aliphatic rings. The van der Waals surface area contributed by atoms with Crippen LogP contribution in [-0.2, 0) is 11.3 Å². The van der Waals surface area contributed by atoms with Crippen LogP contribution in [0.1, 0.15) is 21.9 Å². The number of nitrogens with zero attached hydrogens (tertiary/aromatic N) is 5. The molecular weight excluding hydrogens is 418 g/mol. The number of fused-ring (bicyclic) bond motifs is 3. The number of carbonyl (C=O) groups is 1. The molecule has 2 aliphatic heterocycles. The number of hydrogen-bond acceptors (Lipinski definition) is 9. The average Bonchev–Trinajstić information content (AvgIpc) is 3.55. The van der Waals surface area contributed by atoms with E-state index in [9.17, 15) is 4.79 Å². The first kappa shape index (κ1) is 18.5. The molecular formula is C20H19N7O3S. The number of hydrogen-bond donors (Lipinski definition) is 2. The summed E-state index contributed by atoms with van der Waals surface area (Å²) in [6.07, 6.45) is 10.1. The SMILES string of the molecule is NC(=O)c1cc(-c2cnc(Nc3ncc(CN4CC5CC4CO5)s3)c3nccn23)co1. The van der Waals surface area contributed by atoms with Crippen molar-refractivity contribution in [1.82, 2.24) is 24.3 Å². The molecule has 2 fully saturated rings. The number of ether oxygens (including phenoxy) is 1. The van der Waals surface area contributed by atoms with Crippen molar-refractivity contribution in [3.05, 3.63) is 47.8 Å². The molecule has 0 aromatic carbocycles. The van der Waals surface area contributed by atoms with Crippen LogP contribution in [0.15, 0.2) is 41.5 Å². The predicted molar refractivity (Wildman–Crippen MR) is 113 cm³/mol. The van der Waals surface area contributed by atoms with Crippen LogP contribution >= 0.6 is 11.3 Å². The zero-order valence-corrected chi connectivity index (χ0v) is 17.2. The first-order valence-corrected chi connectivity index (χ1v) is 10.7. The largest absolute Gasteiger partial charge is 0.458 e. The van der Waals surface area contributed by atoms with Crippen LogP contribution in [0.4, 0.5) is 10.9 Å². The minimum Gasteiger partial charge on any atom is -0.458 e. The number of nitrogens with one attached hydrogen (secondary N) is 1. The maximum atomic E-state index is 11.3. The van der Waals surface area contributed by atoms with E-state index in [4.69, 9.17) is 14.9 Å². The van der Waals surface area contributed by atoms with Crippen molar-refractivity contribution >= 4 is 33.8 Å². The number of imidazole rings is 1. The Morgan fingerprint density at radius 2 is 2.26 bits per heavy atom. The van der Waals surface area contributed by atoms with Gasteiger partial charge in [0.25, 0.3) is 5.91 Å². The number of furan rings is 1. The number of rotatable bonds is 6. The van der Waals surface area contributed by atoms with Crippen molar-refractivity contribution in [3.63, 3.8) is 0 Å². The molecule has 2 bridgehead atoms. The highest BCUT2D eigenvalue weighted by molar-refractivity contribution is 7.15. The molecule has 4 aromatic rings. The Labute approximate surface area is 180 Å². The highest BCUT2D eigenvalue weighted by Crippen LogP contribution is 2.32. The standard InChI is InChI=1S/C20H19N7O3S/c21-17(28)16-3-11(9-30-16)15-6-23-18(19-22-1-2-27(15)19)25-20-24-5-14(31-20)8-26-7-13-4-12(26)10-29-13/h1-3,5-6,9,12-13H,4,7-8,10H2,(H2,21,28)(H,23,24,25). The number of amides is 1. The Kier molecular flexibility index (Phi) is 4.26. The van der Waals surface area contributed by atoms with Gasteiger partial charge in [-0.15, -0.1) is 11.3 Å². The molecule has 0 radical (unpaired) electrons. The molecule has 3 N–H and O–H groups in total. The maximum Gasteiger partial charge on any atom is 0.284 e. The average molecular weight is 437 g/mol. The fourth-order valence-electron chi connectivity index (χ4n) is 4.23. The normalized spacial score (nSPS) is 20.6. The van der Waals surface area contributed by atoms with E-state index in [0.29, 0.717) is 29.2 Å². The molecule has 6 rings (SSSR count). The summed E-state index contributed by atoms with van der Waals surface area (Å²) in [5.74, 6) is 0.0775. The second-order valence-corrected chi connectivity index (χ2v) is 8.82. The Hall–Kier alpha value is -3.28. The lowest BCUT2D eigenvalue weighted by Gasteiger charge is -2.25. The van der Waals surface area contributed by atoms with E-state index in [1.807, 2.05) is 16.8 Å². The molecule has 0 aliphatic carbocycles. The molecule has 2 saturated heterocycles. The van der Waals surface area contributed by atoms with Gasteiger partial charge in [0.2, 0.25) is 0 Å². The van der Waals surface area contributed by atoms with E-state index in [1.54, 1.807) is 29.8 Å². The molecule has 11 heteroatoms. The molecule has 1 amide bonds. The number of primary amides is 1. The monoisotopic (exact) mass is 437 g/mol. The molecule has 6 heterocycles. The van der Waals surface area contributed by atoms with Crippen molar-refractivity contribution < 1.29 is 13.9 Å². The minimum atomic E-state index is -0.617. The van der Waals surface area contributed by atoms with E-state index in [2.05, 4.69) is 25.2 Å². The first-order chi connectivity index (χ1) is 15.1. The molecule has 10 nitrogen and oxygen atoms in total. The highest BCUT2D eigenvalue weighted by atomic mass is 32.1. The van der Waals surface area contributed by atoms with Crippen molar-refractivity contribution in [3.8, 4) is 11.3 Å². The summed E-state index contributed by atoms with van der Waals surface area (Å²) in [5, 5.41) is 4.05. The Balaban J connectivity index is 1.24. The molecule has 158 valence electrons. The van der Waals surface area contributed by atoms with Gasteiger partial charge < -0.3 is 20.2 Å². The number of carbonyl (C=O) groups excluding carboxylic acids is 1. The van der Waals surface area contributed by atoms with Crippen LogP contribution in [0.5, 0.6) is 0 Å². The predicted octanol–water partition coefficient (Wildman–Crippen LogP) is 2.26. The third-order valence-corrected chi connectivity index (χ3v) is 6.62. The second-order valence-electron chi connectivity index (χ2n) is 7.71. The molecule has 4 aromatic heterocycles. The topological polar surface area (TPSA) is 124 Å². The van der Waals surface area contributed by atoms with Crippen molar-refractivity contribution in [2.45, 2.75) is 25.1 Å². The molecule has 2 unspecified atom stereocenters. The molecule has 31 heavy (non-hydrogen) atoms. The number of aromatic nitrogens is 4. The zero-order valence-electron chi connectivity index (χ0n) is 16.4. The van der Waals surface area contributed by atoms with E-state index in [1.165, 1.54) is 11.1 Å². The van der Waals surface area contributed by atoms with E-state index >= 15 is 0 Å². The molecule has 0 spiro atoms. The summed E-state index contributed by atoms with van der Waals surface area (Å²) in [6, 6.07) is 2.12.